The van der Waals surface area contributed by atoms with E-state index >= 15 is 0 Å². The average Bonchev–Trinajstić information content (AvgIpc) is 1.63. The smallest absolute Gasteiger partial charge is 0.409 e. The summed E-state index contributed by atoms with van der Waals surface area (Å²) in [6.45, 7) is 14.0. The standard InChI is InChI=1S/C68H83ClN12O12/c1-39(2)30-50(76-66(90)54-14-10-24-79(54)58(83)15-11-25-80-59(84)22-23-60(80)85)63(87)70-37-57(82)74-51(31-40(3)4)65(89)75-52(32-41(5)6)64(88)71-45-18-16-42(17-19-45)62(86)72-46-20-21-49-43(33-46)34-53(73-49)67(91)81-38-44(36-69)61-48-13-9-8-12-47(48)56(35-55(61)81)93-68(92)78-28-26-77(7)27-29-78/h8-9,12-13,16-23,33-35,39-41,44,50-52,54,73H,10-11,14-15,24-32,36-38H2,1-7H3,(H,70,87)(H,71,88)(H,72,86)(H,74,82)(H,75,89)(H,76,90)/t44-,50?,51+,52+,54+/m1/s1. The van der Waals surface area contributed by atoms with Crippen molar-refractivity contribution in [3.05, 3.63) is 108 Å². The molecule has 5 heterocycles. The number of anilines is 3. The number of piperazine rings is 1. The van der Waals surface area contributed by atoms with Crippen molar-refractivity contribution < 1.29 is 57.5 Å². The SMILES string of the molecule is CC(C)CC(NC(=O)[C@@H]1CCCN1C(=O)CCCN1C(=O)C=CC1=O)C(=O)NCC(=O)N[C@@H](CC(C)C)C(=O)N[C@@H](CC(C)C)C(=O)Nc1ccc(C(=O)Nc2ccc3[nH]c(C(=O)N4C[C@@H](CCl)c5c4cc(OC(=O)N4CCN(C)CC4)c4ccccc54)cc3c2)cc1. The van der Waals surface area contributed by atoms with Gasteiger partial charge < -0.3 is 61.2 Å². The molecule has 4 aliphatic heterocycles. The zero-order chi connectivity index (χ0) is 66.8. The first-order chi connectivity index (χ1) is 44.4. The van der Waals surface area contributed by atoms with Gasteiger partial charge in [-0.05, 0) is 123 Å². The molecule has 24 nitrogen and oxygen atoms in total. The molecule has 4 aromatic carbocycles. The molecule has 9 rings (SSSR count). The minimum Gasteiger partial charge on any atom is -0.409 e. The van der Waals surface area contributed by atoms with Crippen LogP contribution in [-0.2, 0) is 38.4 Å². The van der Waals surface area contributed by atoms with Crippen LogP contribution in [0.5, 0.6) is 5.75 Å². The number of nitrogens with zero attached hydrogens (tertiary/aromatic N) is 5. The van der Waals surface area contributed by atoms with Crippen LogP contribution >= 0.6 is 11.6 Å². The van der Waals surface area contributed by atoms with Crippen LogP contribution in [0.1, 0.15) is 119 Å². The summed E-state index contributed by atoms with van der Waals surface area (Å²) in [6.07, 6.45) is 3.72. The lowest BCUT2D eigenvalue weighted by Crippen LogP contribution is -2.56. The number of alkyl halides is 1. The highest BCUT2D eigenvalue weighted by Crippen LogP contribution is 2.46. The van der Waals surface area contributed by atoms with E-state index in [-0.39, 0.29) is 85.6 Å². The van der Waals surface area contributed by atoms with Crippen molar-refractivity contribution in [2.75, 3.05) is 80.8 Å². The number of carbonyl (C=O) groups is 11. The Balaban J connectivity index is 0.776. The molecule has 1 aromatic heterocycles. The lowest BCUT2D eigenvalue weighted by atomic mass is 9.95. The number of hydrogen-bond donors (Lipinski definition) is 7. The van der Waals surface area contributed by atoms with Gasteiger partial charge in [-0.15, -0.1) is 11.6 Å². The molecule has 5 atom stereocenters. The predicted octanol–water partition coefficient (Wildman–Crippen LogP) is 6.65. The number of H-pyrrole nitrogens is 1. The van der Waals surface area contributed by atoms with Crippen LogP contribution in [0.25, 0.3) is 21.7 Å². The first-order valence-electron chi connectivity index (χ1n) is 31.9. The van der Waals surface area contributed by atoms with Crippen LogP contribution in [0, 0.1) is 17.8 Å². The van der Waals surface area contributed by atoms with Gasteiger partial charge >= 0.3 is 6.09 Å². The van der Waals surface area contributed by atoms with Gasteiger partial charge in [0.25, 0.3) is 23.6 Å². The molecule has 0 bridgehead atoms. The molecule has 4 aliphatic rings. The number of halogens is 1. The number of hydrogen-bond acceptors (Lipinski definition) is 13. The van der Waals surface area contributed by atoms with Gasteiger partial charge in [-0.2, -0.15) is 0 Å². The van der Waals surface area contributed by atoms with Gasteiger partial charge in [0, 0.05) is 115 Å². The van der Waals surface area contributed by atoms with Crippen molar-refractivity contribution in [1.29, 1.82) is 0 Å². The topological polar surface area (TPSA) is 301 Å². The fraction of sp³-hybridized carbons (Fsp3) is 0.456. The first-order valence-corrected chi connectivity index (χ1v) is 32.4. The van der Waals surface area contributed by atoms with E-state index in [1.165, 1.54) is 17.1 Å². The molecule has 2 fully saturated rings. The molecule has 11 amide bonds. The number of amides is 11. The zero-order valence-electron chi connectivity index (χ0n) is 53.6. The number of rotatable bonds is 25. The molecule has 494 valence electrons. The molecule has 25 heteroatoms. The summed E-state index contributed by atoms with van der Waals surface area (Å²) in [5, 5.41) is 18.9. The van der Waals surface area contributed by atoms with Gasteiger partial charge in [-0.1, -0.05) is 65.8 Å². The van der Waals surface area contributed by atoms with Crippen LogP contribution in [0.15, 0.2) is 91.0 Å². The van der Waals surface area contributed by atoms with E-state index in [2.05, 4.69) is 41.8 Å². The Morgan fingerprint density at radius 3 is 1.98 bits per heavy atom. The van der Waals surface area contributed by atoms with Crippen LogP contribution in [0.4, 0.5) is 21.9 Å². The van der Waals surface area contributed by atoms with E-state index in [0.717, 1.165) is 34.3 Å². The highest BCUT2D eigenvalue weighted by Gasteiger charge is 2.39. The predicted molar refractivity (Wildman–Crippen MR) is 352 cm³/mol. The van der Waals surface area contributed by atoms with Crippen molar-refractivity contribution in [3.63, 3.8) is 0 Å². The van der Waals surface area contributed by atoms with Crippen molar-refractivity contribution in [2.45, 2.75) is 117 Å². The third-order valence-corrected chi connectivity index (χ3v) is 17.4. The van der Waals surface area contributed by atoms with Crippen LogP contribution in [0.2, 0.25) is 0 Å². The van der Waals surface area contributed by atoms with E-state index in [0.29, 0.717) is 78.4 Å². The van der Waals surface area contributed by atoms with Gasteiger partial charge in [-0.25, -0.2) is 4.79 Å². The number of carbonyl (C=O) groups excluding carboxylic acids is 11. The highest BCUT2D eigenvalue weighted by molar-refractivity contribution is 6.19. The maximum atomic E-state index is 14.5. The number of ether oxygens (including phenoxy) is 1. The number of likely N-dealkylation sites (tertiary alicyclic amines) is 1. The van der Waals surface area contributed by atoms with Crippen LogP contribution < -0.4 is 41.5 Å². The van der Waals surface area contributed by atoms with Crippen molar-refractivity contribution in [3.8, 4) is 5.75 Å². The van der Waals surface area contributed by atoms with Crippen molar-refractivity contribution in [1.82, 2.24) is 45.9 Å². The molecular weight excluding hydrogens is 1210 g/mol. The van der Waals surface area contributed by atoms with E-state index in [9.17, 15) is 52.7 Å². The number of nitrogens with one attached hydrogen (secondary N) is 7. The number of likely N-dealkylation sites (N-methyl/N-ethyl adjacent to an activating group) is 1. The Labute approximate surface area is 545 Å². The molecule has 0 radical (unpaired) electrons. The highest BCUT2D eigenvalue weighted by atomic mass is 35.5. The summed E-state index contributed by atoms with van der Waals surface area (Å²) in [4.78, 5) is 159. The average molecular weight is 1300 g/mol. The molecule has 0 saturated carbocycles. The number of fused-ring (bicyclic) bond motifs is 4. The second-order valence-corrected chi connectivity index (χ2v) is 26.0. The Kier molecular flexibility index (Phi) is 22.4. The van der Waals surface area contributed by atoms with Gasteiger partial charge in [0.2, 0.25) is 35.4 Å². The van der Waals surface area contributed by atoms with Gasteiger partial charge in [-0.3, -0.25) is 52.8 Å². The Morgan fingerprint density at radius 2 is 1.32 bits per heavy atom. The largest absolute Gasteiger partial charge is 0.415 e. The van der Waals surface area contributed by atoms with Gasteiger partial charge in [0.15, 0.2) is 0 Å². The third-order valence-electron chi connectivity index (χ3n) is 17.1. The fourth-order valence-electron chi connectivity index (χ4n) is 12.3. The van der Waals surface area contributed by atoms with E-state index < -0.39 is 84.1 Å². The molecule has 0 aliphatic carbocycles. The van der Waals surface area contributed by atoms with E-state index in [1.54, 1.807) is 64.4 Å². The molecule has 93 heavy (non-hydrogen) atoms. The normalized spacial score (nSPS) is 17.5. The van der Waals surface area contributed by atoms with Crippen LogP contribution in [0.3, 0.4) is 0 Å². The second kappa shape index (κ2) is 30.5. The van der Waals surface area contributed by atoms with Crippen LogP contribution in [-0.4, -0.2) is 179 Å². The molecule has 5 aromatic rings. The summed E-state index contributed by atoms with van der Waals surface area (Å²) in [5.74, 6) is -4.71. The summed E-state index contributed by atoms with van der Waals surface area (Å²) in [6, 6.07) is 18.5. The lowest BCUT2D eigenvalue weighted by Gasteiger charge is -2.31. The summed E-state index contributed by atoms with van der Waals surface area (Å²) >= 11 is 6.58. The Hall–Kier alpha value is -9.16. The van der Waals surface area contributed by atoms with E-state index in [1.807, 2.05) is 72.9 Å². The summed E-state index contributed by atoms with van der Waals surface area (Å²) < 4.78 is 6.07. The number of aromatic nitrogens is 1. The molecule has 7 N–H and O–H groups in total. The summed E-state index contributed by atoms with van der Waals surface area (Å²) in [7, 11) is 2.01. The van der Waals surface area contributed by atoms with Gasteiger partial charge in [0.05, 0.1) is 12.2 Å². The van der Waals surface area contributed by atoms with Crippen molar-refractivity contribution >= 4 is 116 Å². The zero-order valence-corrected chi connectivity index (χ0v) is 54.4. The minimum absolute atomic E-state index is 0.00890. The quantitative estimate of drug-likeness (QED) is 0.0238. The second-order valence-electron chi connectivity index (χ2n) is 25.6. The van der Waals surface area contributed by atoms with Gasteiger partial charge in [0.1, 0.15) is 35.6 Å². The maximum absolute atomic E-state index is 14.5. The number of imide groups is 1. The van der Waals surface area contributed by atoms with Crippen molar-refractivity contribution in [2.24, 2.45) is 17.8 Å². The molecular formula is C68H83ClN12O12. The minimum atomic E-state index is -1.09. The number of benzene rings is 4. The number of aromatic amines is 1. The Morgan fingerprint density at radius 1 is 0.688 bits per heavy atom. The molecule has 0 spiro atoms. The fourth-order valence-corrected chi connectivity index (χ4v) is 12.5. The Bertz CT molecular complexity index is 3690. The molecule has 1 unspecified atom stereocenters. The third kappa shape index (κ3) is 16.9. The van der Waals surface area contributed by atoms with E-state index in [4.69, 9.17) is 16.3 Å². The monoisotopic (exact) mass is 1290 g/mol. The maximum Gasteiger partial charge on any atom is 0.415 e. The summed E-state index contributed by atoms with van der Waals surface area (Å²) in [5.41, 5.74) is 3.55. The molecule has 2 saturated heterocycles. The first kappa shape index (κ1) is 68.2. The lowest BCUT2D eigenvalue weighted by molar-refractivity contribution is -0.140.